The maximum absolute atomic E-state index is 12.6. The lowest BCUT2D eigenvalue weighted by Crippen LogP contribution is -2.52. The van der Waals surface area contributed by atoms with Crippen molar-refractivity contribution in [1.82, 2.24) is 9.88 Å². The summed E-state index contributed by atoms with van der Waals surface area (Å²) < 4.78 is 4.63. The molecule has 25 heavy (non-hydrogen) atoms. The van der Waals surface area contributed by atoms with Crippen molar-refractivity contribution in [2.24, 2.45) is 0 Å². The first-order valence-corrected chi connectivity index (χ1v) is 7.79. The Morgan fingerprint density at radius 2 is 1.76 bits per heavy atom. The van der Waals surface area contributed by atoms with Crippen molar-refractivity contribution in [3.05, 3.63) is 59.8 Å². The molecule has 1 saturated heterocycles. The van der Waals surface area contributed by atoms with E-state index < -0.39 is 5.97 Å². The highest BCUT2D eigenvalue weighted by Gasteiger charge is 2.29. The average molecular weight is 339 g/mol. The zero-order valence-electron chi connectivity index (χ0n) is 13.7. The number of rotatable bonds is 3. The Balaban J connectivity index is 1.68. The van der Waals surface area contributed by atoms with Gasteiger partial charge in [0.1, 0.15) is 12.4 Å². The number of aromatic nitrogens is 1. The Hall–Kier alpha value is -3.22. The van der Waals surface area contributed by atoms with E-state index in [4.69, 9.17) is 0 Å². The summed E-state index contributed by atoms with van der Waals surface area (Å²) in [6.45, 7) is 0.801. The minimum Gasteiger partial charge on any atom is -0.465 e. The van der Waals surface area contributed by atoms with E-state index in [1.54, 1.807) is 35.4 Å². The van der Waals surface area contributed by atoms with Crippen LogP contribution >= 0.6 is 0 Å². The number of carbonyl (C=O) groups is 3. The second-order valence-corrected chi connectivity index (χ2v) is 5.53. The van der Waals surface area contributed by atoms with Gasteiger partial charge in [-0.25, -0.2) is 9.78 Å². The maximum Gasteiger partial charge on any atom is 0.337 e. The van der Waals surface area contributed by atoms with Crippen LogP contribution in [0.1, 0.15) is 20.7 Å². The normalized spacial score (nSPS) is 14.4. The molecule has 7 nitrogen and oxygen atoms in total. The highest BCUT2D eigenvalue weighted by molar-refractivity contribution is 6.01. The Bertz CT molecular complexity index is 790. The van der Waals surface area contributed by atoms with Gasteiger partial charge >= 0.3 is 5.97 Å². The molecule has 3 rings (SSSR count). The molecule has 0 bridgehead atoms. The van der Waals surface area contributed by atoms with Gasteiger partial charge in [0.2, 0.25) is 5.91 Å². The first kappa shape index (κ1) is 16.6. The Morgan fingerprint density at radius 1 is 1.04 bits per heavy atom. The SMILES string of the molecule is COC(=O)c1ccc(C(=O)N2CCN(c3ccccn3)C(=O)C2)cc1. The van der Waals surface area contributed by atoms with E-state index in [0.717, 1.165) is 0 Å². The molecule has 128 valence electrons. The van der Waals surface area contributed by atoms with Gasteiger partial charge in [-0.3, -0.25) is 14.5 Å². The first-order chi connectivity index (χ1) is 12.1. The molecule has 0 aliphatic carbocycles. The third-order valence-electron chi connectivity index (χ3n) is 3.99. The number of esters is 1. The molecule has 0 radical (unpaired) electrons. The van der Waals surface area contributed by atoms with Crippen LogP contribution in [0.2, 0.25) is 0 Å². The van der Waals surface area contributed by atoms with E-state index in [-0.39, 0.29) is 18.4 Å². The zero-order chi connectivity index (χ0) is 17.8. The van der Waals surface area contributed by atoms with E-state index in [1.165, 1.54) is 24.1 Å². The molecule has 2 amide bonds. The van der Waals surface area contributed by atoms with Gasteiger partial charge in [-0.2, -0.15) is 0 Å². The smallest absolute Gasteiger partial charge is 0.337 e. The molecule has 2 heterocycles. The molecule has 1 aromatic heterocycles. The third-order valence-corrected chi connectivity index (χ3v) is 3.99. The predicted molar refractivity (Wildman–Crippen MR) is 90.3 cm³/mol. The highest BCUT2D eigenvalue weighted by atomic mass is 16.5. The number of nitrogens with zero attached hydrogens (tertiary/aromatic N) is 3. The summed E-state index contributed by atoms with van der Waals surface area (Å²) in [6.07, 6.45) is 1.63. The van der Waals surface area contributed by atoms with Crippen LogP contribution in [0.25, 0.3) is 0 Å². The number of methoxy groups -OCH3 is 1. The number of ether oxygens (including phenoxy) is 1. The number of carbonyl (C=O) groups excluding carboxylic acids is 3. The Morgan fingerprint density at radius 3 is 2.36 bits per heavy atom. The lowest BCUT2D eigenvalue weighted by atomic mass is 10.1. The summed E-state index contributed by atoms with van der Waals surface area (Å²) in [5, 5.41) is 0. The maximum atomic E-state index is 12.6. The number of anilines is 1. The van der Waals surface area contributed by atoms with Gasteiger partial charge in [0, 0.05) is 24.8 Å². The number of benzene rings is 1. The first-order valence-electron chi connectivity index (χ1n) is 7.79. The molecule has 0 spiro atoms. The summed E-state index contributed by atoms with van der Waals surface area (Å²) in [5.41, 5.74) is 0.793. The second kappa shape index (κ2) is 7.12. The summed E-state index contributed by atoms with van der Waals surface area (Å²) >= 11 is 0. The minimum absolute atomic E-state index is 0.00579. The van der Waals surface area contributed by atoms with Crippen LogP contribution in [0.15, 0.2) is 48.7 Å². The molecular weight excluding hydrogens is 322 g/mol. The van der Waals surface area contributed by atoms with Gasteiger partial charge in [0.25, 0.3) is 5.91 Å². The molecule has 0 unspecified atom stereocenters. The molecule has 1 aromatic carbocycles. The van der Waals surface area contributed by atoms with Crippen molar-refractivity contribution < 1.29 is 19.1 Å². The molecular formula is C18H17N3O4. The fourth-order valence-corrected chi connectivity index (χ4v) is 2.65. The third kappa shape index (κ3) is 3.50. The van der Waals surface area contributed by atoms with Gasteiger partial charge in [0.05, 0.1) is 12.7 Å². The number of pyridine rings is 1. The molecule has 0 atom stereocenters. The van der Waals surface area contributed by atoms with Gasteiger partial charge in [-0.15, -0.1) is 0 Å². The molecule has 0 saturated carbocycles. The number of piperazine rings is 1. The zero-order valence-corrected chi connectivity index (χ0v) is 13.7. The van der Waals surface area contributed by atoms with Gasteiger partial charge in [-0.1, -0.05) is 6.07 Å². The number of hydrogen-bond acceptors (Lipinski definition) is 5. The van der Waals surface area contributed by atoms with Crippen LogP contribution in [0.5, 0.6) is 0 Å². The van der Waals surface area contributed by atoms with Crippen LogP contribution in [0.3, 0.4) is 0 Å². The summed E-state index contributed by atoms with van der Waals surface area (Å²) in [7, 11) is 1.30. The van der Waals surface area contributed by atoms with E-state index in [0.29, 0.717) is 30.0 Å². The molecule has 1 aliphatic rings. The van der Waals surface area contributed by atoms with Crippen molar-refractivity contribution in [3.63, 3.8) is 0 Å². The fraction of sp³-hybridized carbons (Fsp3) is 0.222. The predicted octanol–water partition coefficient (Wildman–Crippen LogP) is 1.36. The molecule has 2 aromatic rings. The molecule has 0 N–H and O–H groups in total. The molecule has 1 aliphatic heterocycles. The van der Waals surface area contributed by atoms with Crippen LogP contribution in [-0.2, 0) is 9.53 Å². The summed E-state index contributed by atoms with van der Waals surface area (Å²) in [6, 6.07) is 11.5. The van der Waals surface area contributed by atoms with E-state index >= 15 is 0 Å². The topological polar surface area (TPSA) is 79.8 Å². The lowest BCUT2D eigenvalue weighted by Gasteiger charge is -2.33. The van der Waals surface area contributed by atoms with E-state index in [1.807, 2.05) is 6.07 Å². The Labute approximate surface area is 144 Å². The van der Waals surface area contributed by atoms with Crippen molar-refractivity contribution in [2.75, 3.05) is 31.6 Å². The number of amides is 2. The standard InChI is InChI=1S/C18H17N3O4/c1-25-18(24)14-7-5-13(6-8-14)17(23)20-10-11-21(16(22)12-20)15-4-2-3-9-19-15/h2-9H,10-12H2,1H3. The van der Waals surface area contributed by atoms with Crippen LogP contribution < -0.4 is 4.90 Å². The van der Waals surface area contributed by atoms with Crippen LogP contribution in [-0.4, -0.2) is 54.4 Å². The van der Waals surface area contributed by atoms with Gasteiger partial charge in [0.15, 0.2) is 0 Å². The Kier molecular flexibility index (Phi) is 4.74. The van der Waals surface area contributed by atoms with E-state index in [9.17, 15) is 14.4 Å². The summed E-state index contributed by atoms with van der Waals surface area (Å²) in [5.74, 6) is -0.296. The second-order valence-electron chi connectivity index (χ2n) is 5.53. The van der Waals surface area contributed by atoms with Crippen molar-refractivity contribution in [2.45, 2.75) is 0 Å². The van der Waals surface area contributed by atoms with Crippen LogP contribution in [0.4, 0.5) is 5.82 Å². The van der Waals surface area contributed by atoms with Crippen molar-refractivity contribution in [3.8, 4) is 0 Å². The van der Waals surface area contributed by atoms with Crippen LogP contribution in [0, 0.1) is 0 Å². The largest absolute Gasteiger partial charge is 0.465 e. The number of hydrogen-bond donors (Lipinski definition) is 0. The van der Waals surface area contributed by atoms with E-state index in [2.05, 4.69) is 9.72 Å². The fourth-order valence-electron chi connectivity index (χ4n) is 2.65. The molecule has 1 fully saturated rings. The van der Waals surface area contributed by atoms with Gasteiger partial charge < -0.3 is 9.64 Å². The lowest BCUT2D eigenvalue weighted by molar-refractivity contribution is -0.120. The quantitative estimate of drug-likeness (QED) is 0.789. The molecule has 7 heteroatoms. The minimum atomic E-state index is -0.460. The monoisotopic (exact) mass is 339 g/mol. The average Bonchev–Trinajstić information content (AvgIpc) is 2.67. The van der Waals surface area contributed by atoms with Crippen molar-refractivity contribution >= 4 is 23.6 Å². The summed E-state index contributed by atoms with van der Waals surface area (Å²) in [4.78, 5) is 43.6. The highest BCUT2D eigenvalue weighted by Crippen LogP contribution is 2.16. The van der Waals surface area contributed by atoms with Gasteiger partial charge in [-0.05, 0) is 36.4 Å². The van der Waals surface area contributed by atoms with Crippen molar-refractivity contribution in [1.29, 1.82) is 0 Å².